The molecule has 0 unspecified atom stereocenters. The molecule has 3 aromatic rings. The number of nitrogens with one attached hydrogen (secondary N) is 1. The third-order valence-corrected chi connectivity index (χ3v) is 5.02. The predicted octanol–water partition coefficient (Wildman–Crippen LogP) is 3.40. The van der Waals surface area contributed by atoms with Gasteiger partial charge in [0.2, 0.25) is 0 Å². The van der Waals surface area contributed by atoms with Crippen LogP contribution in [0.25, 0.3) is 10.4 Å². The van der Waals surface area contributed by atoms with Crippen LogP contribution < -0.4 is 26.6 Å². The second-order valence-corrected chi connectivity index (χ2v) is 7.07. The van der Waals surface area contributed by atoms with Gasteiger partial charge in [0.1, 0.15) is 5.75 Å². The predicted molar refractivity (Wildman–Crippen MR) is 114 cm³/mol. The van der Waals surface area contributed by atoms with Crippen molar-refractivity contribution in [3.8, 4) is 16.2 Å². The van der Waals surface area contributed by atoms with Crippen molar-refractivity contribution < 1.29 is 9.53 Å². The first-order chi connectivity index (χ1) is 13.0. The van der Waals surface area contributed by atoms with Gasteiger partial charge < -0.3 is 16.2 Å². The van der Waals surface area contributed by atoms with Crippen molar-refractivity contribution in [3.63, 3.8) is 0 Å². The summed E-state index contributed by atoms with van der Waals surface area (Å²) in [7, 11) is 1.58. The minimum Gasteiger partial charge on any atom is -0.497 e. The summed E-state index contributed by atoms with van der Waals surface area (Å²) in [4.78, 5) is 13.7. The highest BCUT2D eigenvalue weighted by Gasteiger charge is 2.19. The number of thiophene rings is 1. The molecule has 3 rings (SSSR count). The highest BCUT2D eigenvalue weighted by atomic mass is 32.1. The second-order valence-electron chi connectivity index (χ2n) is 5.57. The normalized spacial score (nSPS) is 10.3. The van der Waals surface area contributed by atoms with Crippen LogP contribution >= 0.6 is 23.6 Å². The Hall–Kier alpha value is -3.10. The van der Waals surface area contributed by atoms with E-state index < -0.39 is 5.91 Å². The van der Waals surface area contributed by atoms with Crippen molar-refractivity contribution in [1.82, 2.24) is 5.43 Å². The lowest BCUT2D eigenvalue weighted by Gasteiger charge is -2.23. The van der Waals surface area contributed by atoms with E-state index in [1.165, 1.54) is 16.3 Å². The number of amides is 1. The number of benzene rings is 2. The maximum absolute atomic E-state index is 12.8. The molecule has 0 aliphatic heterocycles. The quantitative estimate of drug-likeness (QED) is 0.461. The number of anilines is 2. The van der Waals surface area contributed by atoms with E-state index in [2.05, 4.69) is 5.43 Å². The number of hydrazine groups is 1. The van der Waals surface area contributed by atoms with Gasteiger partial charge in [-0.1, -0.05) is 30.3 Å². The van der Waals surface area contributed by atoms with Crippen molar-refractivity contribution in [1.29, 1.82) is 0 Å². The summed E-state index contributed by atoms with van der Waals surface area (Å²) in [5.41, 5.74) is 16.5. The lowest BCUT2D eigenvalue weighted by Crippen LogP contribution is -2.49. The van der Waals surface area contributed by atoms with E-state index >= 15 is 0 Å². The number of nitrogen functional groups attached to an aromatic ring is 1. The van der Waals surface area contributed by atoms with Crippen LogP contribution in [0.4, 0.5) is 10.7 Å². The van der Waals surface area contributed by atoms with Crippen LogP contribution in [0, 0.1) is 0 Å². The maximum Gasteiger partial charge on any atom is 0.273 e. The van der Waals surface area contributed by atoms with Crippen LogP contribution in [0.2, 0.25) is 0 Å². The summed E-state index contributed by atoms with van der Waals surface area (Å²) in [6.45, 7) is 0. The minimum atomic E-state index is -0.394. The Morgan fingerprint density at radius 3 is 2.41 bits per heavy atom. The Balaban J connectivity index is 1.84. The summed E-state index contributed by atoms with van der Waals surface area (Å²) in [6, 6.07) is 18.5. The van der Waals surface area contributed by atoms with E-state index in [1.54, 1.807) is 37.4 Å². The van der Waals surface area contributed by atoms with Crippen molar-refractivity contribution in [2.24, 2.45) is 5.73 Å². The molecule has 1 heterocycles. The molecule has 0 atom stereocenters. The number of thiocarbonyl (C=S) groups is 1. The molecule has 0 bridgehead atoms. The molecule has 8 heteroatoms. The molecule has 0 fully saturated rings. The van der Waals surface area contributed by atoms with E-state index in [1.807, 2.05) is 30.3 Å². The SMILES string of the molecule is COc1ccc(N(NC(=O)c2cc(-c3ccccc3)sc2N)C(N)=S)cc1. The number of carbonyl (C=O) groups excluding carboxylic acids is 1. The third-order valence-electron chi connectivity index (χ3n) is 3.83. The third kappa shape index (κ3) is 4.18. The van der Waals surface area contributed by atoms with Crippen molar-refractivity contribution in [2.45, 2.75) is 0 Å². The van der Waals surface area contributed by atoms with Crippen molar-refractivity contribution >= 4 is 45.3 Å². The maximum atomic E-state index is 12.8. The standard InChI is InChI=1S/C19H18N4O2S2/c1-25-14-9-7-13(8-10-14)23(19(21)26)22-18(24)15-11-16(27-17(15)20)12-5-3-2-4-6-12/h2-11H,20H2,1H3,(H2,21,26)(H,22,24). The topological polar surface area (TPSA) is 93.6 Å². The Bertz CT molecular complexity index is 956. The summed E-state index contributed by atoms with van der Waals surface area (Å²) >= 11 is 6.42. The molecule has 2 aromatic carbocycles. The van der Waals surface area contributed by atoms with E-state index in [0.29, 0.717) is 22.0 Å². The van der Waals surface area contributed by atoms with Crippen LogP contribution in [-0.2, 0) is 0 Å². The van der Waals surface area contributed by atoms with Crippen molar-refractivity contribution in [2.75, 3.05) is 17.9 Å². The Morgan fingerprint density at radius 2 is 1.81 bits per heavy atom. The van der Waals surface area contributed by atoms with Gasteiger partial charge in [0, 0.05) is 4.88 Å². The Kier molecular flexibility index (Phi) is 5.58. The molecule has 5 N–H and O–H groups in total. The largest absolute Gasteiger partial charge is 0.497 e. The molecule has 1 amide bonds. The van der Waals surface area contributed by atoms with Gasteiger partial charge in [-0.25, -0.2) is 5.01 Å². The van der Waals surface area contributed by atoms with Crippen LogP contribution in [0.1, 0.15) is 10.4 Å². The Morgan fingerprint density at radius 1 is 1.15 bits per heavy atom. The van der Waals surface area contributed by atoms with Gasteiger partial charge in [0.05, 0.1) is 23.4 Å². The summed E-state index contributed by atoms with van der Waals surface area (Å²) in [6.07, 6.45) is 0. The number of hydrogen-bond acceptors (Lipinski definition) is 5. The number of methoxy groups -OCH3 is 1. The number of hydrogen-bond donors (Lipinski definition) is 3. The first-order valence-electron chi connectivity index (χ1n) is 7.99. The Labute approximate surface area is 166 Å². The van der Waals surface area contributed by atoms with E-state index in [-0.39, 0.29) is 5.11 Å². The fourth-order valence-electron chi connectivity index (χ4n) is 2.47. The highest BCUT2D eigenvalue weighted by Crippen LogP contribution is 2.33. The summed E-state index contributed by atoms with van der Waals surface area (Å²) in [5, 5.41) is 1.76. The van der Waals surface area contributed by atoms with Crippen LogP contribution in [0.3, 0.4) is 0 Å². The van der Waals surface area contributed by atoms with Gasteiger partial charge in [-0.05, 0) is 48.1 Å². The monoisotopic (exact) mass is 398 g/mol. The summed E-state index contributed by atoms with van der Waals surface area (Å²) in [5.74, 6) is 0.289. The van der Waals surface area contributed by atoms with Crippen molar-refractivity contribution in [3.05, 3.63) is 66.2 Å². The van der Waals surface area contributed by atoms with Gasteiger partial charge in [-0.15, -0.1) is 11.3 Å². The fourth-order valence-corrected chi connectivity index (χ4v) is 3.55. The highest BCUT2D eigenvalue weighted by molar-refractivity contribution is 7.80. The van der Waals surface area contributed by atoms with E-state index in [4.69, 9.17) is 28.4 Å². The zero-order valence-electron chi connectivity index (χ0n) is 14.5. The van der Waals surface area contributed by atoms with Gasteiger partial charge in [-0.3, -0.25) is 10.2 Å². The van der Waals surface area contributed by atoms with Crippen LogP contribution in [-0.4, -0.2) is 18.1 Å². The van der Waals surface area contributed by atoms with Crippen LogP contribution in [0.5, 0.6) is 5.75 Å². The molecular formula is C19H18N4O2S2. The molecule has 0 saturated carbocycles. The smallest absolute Gasteiger partial charge is 0.273 e. The number of nitrogens with two attached hydrogens (primary N) is 2. The first kappa shape index (κ1) is 18.7. The van der Waals surface area contributed by atoms with Gasteiger partial charge >= 0.3 is 0 Å². The molecule has 138 valence electrons. The minimum absolute atomic E-state index is 0.00519. The summed E-state index contributed by atoms with van der Waals surface area (Å²) < 4.78 is 5.14. The average Bonchev–Trinajstić information content (AvgIpc) is 3.08. The molecule has 0 aliphatic rings. The number of rotatable bonds is 4. The molecule has 6 nitrogen and oxygen atoms in total. The molecule has 27 heavy (non-hydrogen) atoms. The molecule has 0 aliphatic carbocycles. The van der Waals surface area contributed by atoms with Crippen LogP contribution in [0.15, 0.2) is 60.7 Å². The molecule has 0 saturated heterocycles. The lowest BCUT2D eigenvalue weighted by atomic mass is 10.1. The zero-order valence-corrected chi connectivity index (χ0v) is 16.1. The molecule has 0 spiro atoms. The van der Waals surface area contributed by atoms with Gasteiger partial charge in [-0.2, -0.15) is 0 Å². The van der Waals surface area contributed by atoms with Gasteiger partial charge in [0.15, 0.2) is 5.11 Å². The molecule has 0 radical (unpaired) electrons. The lowest BCUT2D eigenvalue weighted by molar-refractivity contribution is 0.0956. The first-order valence-corrected chi connectivity index (χ1v) is 9.21. The number of nitrogens with zero attached hydrogens (tertiary/aromatic N) is 1. The van der Waals surface area contributed by atoms with Gasteiger partial charge in [0.25, 0.3) is 5.91 Å². The second kappa shape index (κ2) is 8.07. The zero-order chi connectivity index (χ0) is 19.4. The fraction of sp³-hybridized carbons (Fsp3) is 0.0526. The average molecular weight is 399 g/mol. The molecular weight excluding hydrogens is 380 g/mol. The molecule has 1 aromatic heterocycles. The van der Waals surface area contributed by atoms with E-state index in [9.17, 15) is 4.79 Å². The number of carbonyl (C=O) groups is 1. The van der Waals surface area contributed by atoms with E-state index in [0.717, 1.165) is 10.4 Å². The number of ether oxygens (including phenoxy) is 1.